The number of halogens is 1. The van der Waals surface area contributed by atoms with Crippen molar-refractivity contribution >= 4 is 0 Å². The maximum absolute atomic E-state index is 13.9. The number of rotatable bonds is 4. The molecule has 1 N–H and O–H groups in total. The molecule has 4 nitrogen and oxygen atoms in total. The summed E-state index contributed by atoms with van der Waals surface area (Å²) in [6, 6.07) is 6.39. The van der Waals surface area contributed by atoms with Gasteiger partial charge in [0.25, 0.3) is 0 Å². The fraction of sp³-hybridized carbons (Fsp3) is 0.308. The maximum atomic E-state index is 13.9. The highest BCUT2D eigenvalue weighted by Gasteiger charge is 2.23. The Morgan fingerprint density at radius 3 is 2.72 bits per heavy atom. The number of benzene rings is 1. The van der Waals surface area contributed by atoms with E-state index in [1.165, 1.54) is 6.07 Å². The van der Waals surface area contributed by atoms with E-state index in [9.17, 15) is 4.39 Å². The number of nitrogens with zero attached hydrogens (tertiary/aromatic N) is 2. The lowest BCUT2D eigenvalue weighted by Crippen LogP contribution is -2.22. The van der Waals surface area contributed by atoms with Gasteiger partial charge in [-0.3, -0.25) is 4.68 Å². The number of methoxy groups -OCH3 is 1. The standard InChI is InChI=1S/C13H16FN3O/c1-15-12(9-6-4-5-7-10(9)14)13-11(18-3)8-16-17(13)2/h4-8,12,15H,1-3H3. The molecule has 1 aromatic heterocycles. The molecule has 0 radical (unpaired) electrons. The van der Waals surface area contributed by atoms with E-state index in [0.717, 1.165) is 5.69 Å². The lowest BCUT2D eigenvalue weighted by Gasteiger charge is -2.18. The van der Waals surface area contributed by atoms with Crippen LogP contribution in [0.4, 0.5) is 4.39 Å². The molecule has 0 aliphatic carbocycles. The fourth-order valence-corrected chi connectivity index (χ4v) is 2.06. The third kappa shape index (κ3) is 2.09. The molecule has 1 heterocycles. The van der Waals surface area contributed by atoms with Crippen molar-refractivity contribution in [2.24, 2.45) is 7.05 Å². The third-order valence-corrected chi connectivity index (χ3v) is 2.95. The molecule has 1 aromatic carbocycles. The van der Waals surface area contributed by atoms with Crippen molar-refractivity contribution in [1.29, 1.82) is 0 Å². The van der Waals surface area contributed by atoms with Crippen molar-refractivity contribution in [2.45, 2.75) is 6.04 Å². The van der Waals surface area contributed by atoms with Crippen LogP contribution >= 0.6 is 0 Å². The topological polar surface area (TPSA) is 39.1 Å². The van der Waals surface area contributed by atoms with Crippen molar-refractivity contribution in [1.82, 2.24) is 15.1 Å². The van der Waals surface area contributed by atoms with Crippen molar-refractivity contribution in [3.8, 4) is 5.75 Å². The summed E-state index contributed by atoms with van der Waals surface area (Å²) in [6.07, 6.45) is 1.63. The third-order valence-electron chi connectivity index (χ3n) is 2.95. The van der Waals surface area contributed by atoms with Gasteiger partial charge in [-0.25, -0.2) is 4.39 Å². The van der Waals surface area contributed by atoms with Crippen LogP contribution in [0.25, 0.3) is 0 Å². The smallest absolute Gasteiger partial charge is 0.161 e. The normalized spacial score (nSPS) is 12.4. The van der Waals surface area contributed by atoms with Gasteiger partial charge in [0.1, 0.15) is 11.5 Å². The number of aryl methyl sites for hydroxylation is 1. The Hall–Kier alpha value is -1.88. The van der Waals surface area contributed by atoms with Gasteiger partial charge in [-0.1, -0.05) is 18.2 Å². The molecule has 0 bridgehead atoms. The molecule has 18 heavy (non-hydrogen) atoms. The predicted molar refractivity (Wildman–Crippen MR) is 67.1 cm³/mol. The lowest BCUT2D eigenvalue weighted by molar-refractivity contribution is 0.401. The average molecular weight is 249 g/mol. The molecule has 5 heteroatoms. The van der Waals surface area contributed by atoms with E-state index in [1.54, 1.807) is 37.2 Å². The van der Waals surface area contributed by atoms with Gasteiger partial charge in [-0.05, 0) is 13.1 Å². The zero-order chi connectivity index (χ0) is 13.1. The van der Waals surface area contributed by atoms with Gasteiger partial charge in [-0.15, -0.1) is 0 Å². The first-order valence-corrected chi connectivity index (χ1v) is 5.66. The van der Waals surface area contributed by atoms with Crippen molar-refractivity contribution in [3.05, 3.63) is 47.5 Å². The summed E-state index contributed by atoms with van der Waals surface area (Å²) in [6.45, 7) is 0. The number of aromatic nitrogens is 2. The molecule has 96 valence electrons. The molecule has 0 amide bonds. The van der Waals surface area contributed by atoms with Crippen LogP contribution in [0.5, 0.6) is 5.75 Å². The van der Waals surface area contributed by atoms with Gasteiger partial charge >= 0.3 is 0 Å². The fourth-order valence-electron chi connectivity index (χ4n) is 2.06. The second-order valence-corrected chi connectivity index (χ2v) is 3.96. The minimum Gasteiger partial charge on any atom is -0.493 e. The molecular formula is C13H16FN3O. The van der Waals surface area contributed by atoms with Crippen molar-refractivity contribution in [2.75, 3.05) is 14.2 Å². The number of ether oxygens (including phenoxy) is 1. The molecule has 0 fully saturated rings. The molecule has 1 unspecified atom stereocenters. The predicted octanol–water partition coefficient (Wildman–Crippen LogP) is 1.88. The SMILES string of the molecule is CNC(c1ccccc1F)c1c(OC)cnn1C. The minimum atomic E-state index is -0.298. The van der Waals surface area contributed by atoms with Gasteiger partial charge in [0, 0.05) is 12.6 Å². The Labute approximate surface area is 105 Å². The average Bonchev–Trinajstić information content (AvgIpc) is 2.74. The maximum Gasteiger partial charge on any atom is 0.161 e. The van der Waals surface area contributed by atoms with Crippen LogP contribution < -0.4 is 10.1 Å². The van der Waals surface area contributed by atoms with Crippen molar-refractivity contribution in [3.63, 3.8) is 0 Å². The highest BCUT2D eigenvalue weighted by molar-refractivity contribution is 5.36. The number of nitrogens with one attached hydrogen (secondary N) is 1. The number of hydrogen-bond acceptors (Lipinski definition) is 3. The monoisotopic (exact) mass is 249 g/mol. The largest absolute Gasteiger partial charge is 0.493 e. The zero-order valence-electron chi connectivity index (χ0n) is 10.6. The summed E-state index contributed by atoms with van der Waals surface area (Å²) in [5, 5.41) is 7.24. The van der Waals surface area contributed by atoms with Gasteiger partial charge in [0.05, 0.1) is 19.3 Å². The Kier molecular flexibility index (Phi) is 3.62. The summed E-state index contributed by atoms with van der Waals surface area (Å²) < 4.78 is 20.8. The van der Waals surface area contributed by atoms with Crippen LogP contribution in [0.3, 0.4) is 0 Å². The van der Waals surface area contributed by atoms with Gasteiger partial charge in [0.2, 0.25) is 0 Å². The first-order valence-electron chi connectivity index (χ1n) is 5.66. The van der Waals surface area contributed by atoms with E-state index >= 15 is 0 Å². The summed E-state index contributed by atoms with van der Waals surface area (Å²) in [5.74, 6) is 0.389. The van der Waals surface area contributed by atoms with E-state index in [0.29, 0.717) is 11.3 Å². The summed E-state index contributed by atoms with van der Waals surface area (Å²) in [7, 11) is 5.17. The Bertz CT molecular complexity index is 539. The second kappa shape index (κ2) is 5.18. The summed E-state index contributed by atoms with van der Waals surface area (Å²) in [4.78, 5) is 0. The van der Waals surface area contributed by atoms with E-state index in [4.69, 9.17) is 4.74 Å². The molecule has 0 aliphatic heterocycles. The van der Waals surface area contributed by atoms with Gasteiger partial charge in [0.15, 0.2) is 5.75 Å². The molecule has 2 aromatic rings. The van der Waals surface area contributed by atoms with E-state index in [1.807, 2.05) is 13.1 Å². The van der Waals surface area contributed by atoms with E-state index in [-0.39, 0.29) is 11.9 Å². The first kappa shape index (κ1) is 12.6. The first-order chi connectivity index (χ1) is 8.69. The van der Waals surface area contributed by atoms with Crippen LogP contribution in [0, 0.1) is 5.82 Å². The quantitative estimate of drug-likeness (QED) is 0.899. The molecule has 0 saturated carbocycles. The van der Waals surface area contributed by atoms with E-state index in [2.05, 4.69) is 10.4 Å². The van der Waals surface area contributed by atoms with E-state index < -0.39 is 0 Å². The van der Waals surface area contributed by atoms with Crippen LogP contribution in [-0.2, 0) is 7.05 Å². The summed E-state index contributed by atoms with van der Waals surface area (Å²) in [5.41, 5.74) is 1.37. The Balaban J connectivity index is 2.52. The highest BCUT2D eigenvalue weighted by atomic mass is 19.1. The van der Waals surface area contributed by atoms with Gasteiger partial charge < -0.3 is 10.1 Å². The van der Waals surface area contributed by atoms with Crippen molar-refractivity contribution < 1.29 is 9.13 Å². The van der Waals surface area contributed by atoms with Crippen LogP contribution in [-0.4, -0.2) is 23.9 Å². The Morgan fingerprint density at radius 1 is 1.39 bits per heavy atom. The molecule has 0 aliphatic rings. The van der Waals surface area contributed by atoms with Crippen LogP contribution in [0.2, 0.25) is 0 Å². The molecular weight excluding hydrogens is 233 g/mol. The van der Waals surface area contributed by atoms with Crippen LogP contribution in [0.1, 0.15) is 17.3 Å². The highest BCUT2D eigenvalue weighted by Crippen LogP contribution is 2.30. The Morgan fingerprint density at radius 2 is 2.11 bits per heavy atom. The second-order valence-electron chi connectivity index (χ2n) is 3.96. The lowest BCUT2D eigenvalue weighted by atomic mass is 10.0. The molecule has 2 rings (SSSR count). The van der Waals surface area contributed by atoms with Gasteiger partial charge in [-0.2, -0.15) is 5.10 Å². The summed E-state index contributed by atoms with van der Waals surface area (Å²) >= 11 is 0. The van der Waals surface area contributed by atoms with Crippen LogP contribution in [0.15, 0.2) is 30.5 Å². The minimum absolute atomic E-state index is 0.250. The molecule has 0 spiro atoms. The zero-order valence-corrected chi connectivity index (χ0v) is 10.6. The molecule has 1 atom stereocenters. The number of hydrogen-bond donors (Lipinski definition) is 1. The molecule has 0 saturated heterocycles.